The van der Waals surface area contributed by atoms with Gasteiger partial charge in [-0.25, -0.2) is 0 Å². The normalized spacial score (nSPS) is 15.6. The molecule has 0 saturated heterocycles. The number of nitrogens with one attached hydrogen (secondary N) is 1. The highest BCUT2D eigenvalue weighted by Crippen LogP contribution is 2.20. The highest BCUT2D eigenvalue weighted by atomic mass is 16.3. The van der Waals surface area contributed by atoms with Gasteiger partial charge in [0.2, 0.25) is 5.91 Å². The summed E-state index contributed by atoms with van der Waals surface area (Å²) in [6, 6.07) is -0.259. The summed E-state index contributed by atoms with van der Waals surface area (Å²) in [6.07, 6.45) is 1.88. The van der Waals surface area contributed by atoms with Gasteiger partial charge in [0.25, 0.3) is 0 Å². The first-order valence-corrected chi connectivity index (χ1v) is 5.94. The van der Waals surface area contributed by atoms with Crippen LogP contribution in [0, 0.1) is 5.41 Å². The van der Waals surface area contributed by atoms with Crippen LogP contribution in [0.1, 0.15) is 47.0 Å². The molecular weight excluding hydrogens is 204 g/mol. The number of rotatable bonds is 6. The Labute approximate surface area is 98.6 Å². The quantitative estimate of drug-likeness (QED) is 0.638. The Morgan fingerprint density at radius 1 is 1.44 bits per heavy atom. The van der Waals surface area contributed by atoms with Gasteiger partial charge in [0.05, 0.1) is 12.6 Å². The lowest BCUT2D eigenvalue weighted by Gasteiger charge is -2.23. The number of nitrogens with two attached hydrogens (primary N) is 1. The van der Waals surface area contributed by atoms with Crippen LogP contribution in [-0.4, -0.2) is 29.7 Å². The second-order valence-electron chi connectivity index (χ2n) is 5.58. The molecule has 0 aromatic carbocycles. The number of aliphatic hydroxyl groups is 1. The van der Waals surface area contributed by atoms with Gasteiger partial charge in [-0.2, -0.15) is 0 Å². The van der Waals surface area contributed by atoms with E-state index < -0.39 is 0 Å². The van der Waals surface area contributed by atoms with Gasteiger partial charge in [-0.1, -0.05) is 27.7 Å². The van der Waals surface area contributed by atoms with E-state index in [1.165, 1.54) is 0 Å². The average Bonchev–Trinajstić information content (AvgIpc) is 2.10. The lowest BCUT2D eigenvalue weighted by molar-refractivity contribution is -0.122. The van der Waals surface area contributed by atoms with Crippen LogP contribution in [0.5, 0.6) is 0 Å². The molecule has 0 saturated carbocycles. The summed E-state index contributed by atoms with van der Waals surface area (Å²) in [6.45, 7) is 8.22. The number of hydrogen-bond acceptors (Lipinski definition) is 3. The van der Waals surface area contributed by atoms with Gasteiger partial charge in [-0.15, -0.1) is 0 Å². The van der Waals surface area contributed by atoms with Crippen molar-refractivity contribution in [2.45, 2.75) is 59.0 Å². The van der Waals surface area contributed by atoms with Crippen LogP contribution < -0.4 is 11.1 Å². The van der Waals surface area contributed by atoms with Crippen LogP contribution in [0.2, 0.25) is 0 Å². The second-order valence-corrected chi connectivity index (χ2v) is 5.58. The molecule has 0 aliphatic carbocycles. The largest absolute Gasteiger partial charge is 0.394 e. The van der Waals surface area contributed by atoms with Crippen LogP contribution in [0.25, 0.3) is 0 Å². The van der Waals surface area contributed by atoms with Crippen molar-refractivity contribution in [2.24, 2.45) is 11.1 Å². The molecule has 1 unspecified atom stereocenters. The van der Waals surface area contributed by atoms with Crippen LogP contribution in [0.3, 0.4) is 0 Å². The first-order valence-electron chi connectivity index (χ1n) is 5.94. The van der Waals surface area contributed by atoms with E-state index in [0.29, 0.717) is 6.42 Å². The summed E-state index contributed by atoms with van der Waals surface area (Å²) in [5.41, 5.74) is 6.04. The summed E-state index contributed by atoms with van der Waals surface area (Å²) >= 11 is 0. The molecule has 0 aromatic heterocycles. The predicted molar refractivity (Wildman–Crippen MR) is 66.0 cm³/mol. The van der Waals surface area contributed by atoms with Crippen LogP contribution in [-0.2, 0) is 4.79 Å². The molecular formula is C12H26N2O2. The minimum atomic E-state index is -0.144. The molecule has 0 bridgehead atoms. The van der Waals surface area contributed by atoms with E-state index in [9.17, 15) is 4.79 Å². The van der Waals surface area contributed by atoms with E-state index in [-0.39, 0.29) is 30.0 Å². The zero-order valence-electron chi connectivity index (χ0n) is 10.9. The molecule has 4 heteroatoms. The third kappa shape index (κ3) is 7.65. The monoisotopic (exact) mass is 230 g/mol. The molecule has 16 heavy (non-hydrogen) atoms. The number of carbonyl (C=O) groups excluding carboxylic acids is 1. The fraction of sp³-hybridized carbons (Fsp3) is 0.917. The van der Waals surface area contributed by atoms with Gasteiger partial charge in [-0.3, -0.25) is 4.79 Å². The third-order valence-corrected chi connectivity index (χ3v) is 2.40. The van der Waals surface area contributed by atoms with Gasteiger partial charge in [-0.05, 0) is 18.3 Å². The maximum Gasteiger partial charge on any atom is 0.221 e. The van der Waals surface area contributed by atoms with Crippen molar-refractivity contribution in [3.8, 4) is 0 Å². The van der Waals surface area contributed by atoms with Crippen molar-refractivity contribution in [1.82, 2.24) is 5.32 Å². The van der Waals surface area contributed by atoms with E-state index in [1.807, 2.05) is 6.92 Å². The number of carbonyl (C=O) groups is 1. The lowest BCUT2D eigenvalue weighted by Crippen LogP contribution is -2.40. The number of hydrogen-bond donors (Lipinski definition) is 3. The Kier molecular flexibility index (Phi) is 6.60. The molecule has 0 aromatic rings. The maximum absolute atomic E-state index is 11.6. The van der Waals surface area contributed by atoms with Gasteiger partial charge in [0, 0.05) is 12.5 Å². The van der Waals surface area contributed by atoms with Crippen LogP contribution in [0.4, 0.5) is 0 Å². The molecule has 0 heterocycles. The van der Waals surface area contributed by atoms with E-state index >= 15 is 0 Å². The Bertz CT molecular complexity index is 208. The Morgan fingerprint density at radius 2 is 2.00 bits per heavy atom. The van der Waals surface area contributed by atoms with Crippen molar-refractivity contribution >= 4 is 5.91 Å². The second kappa shape index (κ2) is 6.86. The van der Waals surface area contributed by atoms with Crippen molar-refractivity contribution in [2.75, 3.05) is 6.61 Å². The number of amides is 1. The van der Waals surface area contributed by atoms with Gasteiger partial charge in [0.1, 0.15) is 0 Å². The molecule has 0 rings (SSSR count). The minimum absolute atomic E-state index is 0.0171. The van der Waals surface area contributed by atoms with Gasteiger partial charge in [0.15, 0.2) is 0 Å². The van der Waals surface area contributed by atoms with Crippen molar-refractivity contribution in [3.05, 3.63) is 0 Å². The summed E-state index contributed by atoms with van der Waals surface area (Å²) in [7, 11) is 0. The summed E-state index contributed by atoms with van der Waals surface area (Å²) in [4.78, 5) is 11.6. The number of aliphatic hydroxyl groups excluding tert-OH is 1. The summed E-state index contributed by atoms with van der Waals surface area (Å²) in [5, 5.41) is 11.7. The van der Waals surface area contributed by atoms with Crippen LogP contribution >= 0.6 is 0 Å². The lowest BCUT2D eigenvalue weighted by atomic mass is 9.87. The average molecular weight is 230 g/mol. The molecule has 0 fully saturated rings. The van der Waals surface area contributed by atoms with Crippen molar-refractivity contribution < 1.29 is 9.90 Å². The molecule has 0 radical (unpaired) electrons. The first kappa shape index (κ1) is 15.4. The summed E-state index contributed by atoms with van der Waals surface area (Å²) < 4.78 is 0. The smallest absolute Gasteiger partial charge is 0.221 e. The Morgan fingerprint density at radius 3 is 2.38 bits per heavy atom. The van der Waals surface area contributed by atoms with Crippen molar-refractivity contribution in [1.29, 1.82) is 0 Å². The highest BCUT2D eigenvalue weighted by Gasteiger charge is 2.19. The fourth-order valence-corrected chi connectivity index (χ4v) is 1.66. The highest BCUT2D eigenvalue weighted by molar-refractivity contribution is 5.76. The maximum atomic E-state index is 11.6. The summed E-state index contributed by atoms with van der Waals surface area (Å²) in [5.74, 6) is -0.0716. The molecule has 0 aliphatic rings. The topological polar surface area (TPSA) is 75.3 Å². The standard InChI is InChI=1S/C12H26N2O2/c1-5-10(8-15)14-11(16)6-9(13)7-12(2,3)4/h9-10,15H,5-8,13H2,1-4H3,(H,14,16)/t9?,10-/m1/s1. The third-order valence-electron chi connectivity index (χ3n) is 2.40. The zero-order valence-corrected chi connectivity index (χ0v) is 10.9. The van der Waals surface area contributed by atoms with Crippen molar-refractivity contribution in [3.63, 3.8) is 0 Å². The minimum Gasteiger partial charge on any atom is -0.394 e. The molecule has 4 N–H and O–H groups in total. The SMILES string of the molecule is CC[C@H](CO)NC(=O)CC(N)CC(C)(C)C. The van der Waals surface area contributed by atoms with Gasteiger partial charge >= 0.3 is 0 Å². The Hall–Kier alpha value is -0.610. The molecule has 2 atom stereocenters. The molecule has 0 spiro atoms. The Balaban J connectivity index is 3.95. The van der Waals surface area contributed by atoms with E-state index in [2.05, 4.69) is 26.1 Å². The van der Waals surface area contributed by atoms with E-state index in [4.69, 9.17) is 10.8 Å². The van der Waals surface area contributed by atoms with E-state index in [1.54, 1.807) is 0 Å². The molecule has 1 amide bonds. The fourth-order valence-electron chi connectivity index (χ4n) is 1.66. The molecule has 96 valence electrons. The molecule has 0 aliphatic heterocycles. The van der Waals surface area contributed by atoms with E-state index in [0.717, 1.165) is 12.8 Å². The van der Waals surface area contributed by atoms with Gasteiger partial charge < -0.3 is 16.2 Å². The first-order chi connectivity index (χ1) is 7.28. The zero-order chi connectivity index (χ0) is 12.8. The van der Waals surface area contributed by atoms with Crippen LogP contribution in [0.15, 0.2) is 0 Å². The predicted octanol–water partition coefficient (Wildman–Crippen LogP) is 1.03. The molecule has 4 nitrogen and oxygen atoms in total.